The summed E-state index contributed by atoms with van der Waals surface area (Å²) in [6.45, 7) is 0.801. The van der Waals surface area contributed by atoms with E-state index in [4.69, 9.17) is 0 Å². The molecule has 1 aromatic rings. The van der Waals surface area contributed by atoms with Crippen LogP contribution in [0.2, 0.25) is 0 Å². The number of carbonyl (C=O) groups excluding carboxylic acids is 1. The molecule has 1 aromatic heterocycles. The predicted octanol–water partition coefficient (Wildman–Crippen LogP) is 0.760. The maximum atomic E-state index is 10.9. The van der Waals surface area contributed by atoms with Crippen molar-refractivity contribution in [2.24, 2.45) is 5.92 Å². The molecule has 1 unspecified atom stereocenters. The van der Waals surface area contributed by atoms with Crippen molar-refractivity contribution in [1.82, 2.24) is 10.3 Å². The first-order chi connectivity index (χ1) is 6.34. The van der Waals surface area contributed by atoms with E-state index in [0.29, 0.717) is 12.3 Å². The number of carbonyl (C=O) groups is 1. The van der Waals surface area contributed by atoms with Crippen molar-refractivity contribution in [2.75, 3.05) is 6.54 Å². The molecule has 1 aliphatic rings. The largest absolute Gasteiger partial charge is 0.356 e. The summed E-state index contributed by atoms with van der Waals surface area (Å²) in [5.41, 5.74) is 1.07. The summed E-state index contributed by atoms with van der Waals surface area (Å²) in [6, 6.07) is 5.89. The molecule has 68 valence electrons. The lowest BCUT2D eigenvalue weighted by atomic mass is 10.0. The van der Waals surface area contributed by atoms with E-state index in [9.17, 15) is 4.79 Å². The Morgan fingerprint density at radius 1 is 1.54 bits per heavy atom. The van der Waals surface area contributed by atoms with Gasteiger partial charge in [-0.25, -0.2) is 0 Å². The Hall–Kier alpha value is -1.38. The van der Waals surface area contributed by atoms with Crippen molar-refractivity contribution >= 4 is 5.91 Å². The highest BCUT2D eigenvalue weighted by molar-refractivity contribution is 5.78. The summed E-state index contributed by atoms with van der Waals surface area (Å²) in [5.74, 6) is 0.600. The van der Waals surface area contributed by atoms with Gasteiger partial charge in [0.2, 0.25) is 5.91 Å². The second-order valence-electron chi connectivity index (χ2n) is 3.40. The molecule has 2 rings (SSSR count). The number of hydrogen-bond acceptors (Lipinski definition) is 2. The van der Waals surface area contributed by atoms with Gasteiger partial charge in [0.15, 0.2) is 0 Å². The SMILES string of the molecule is O=C1CC(Cc2ccccn2)CN1. The summed E-state index contributed by atoms with van der Waals surface area (Å²) in [4.78, 5) is 15.1. The maximum Gasteiger partial charge on any atom is 0.220 e. The number of pyridine rings is 1. The molecule has 0 spiro atoms. The van der Waals surface area contributed by atoms with Gasteiger partial charge < -0.3 is 5.32 Å². The number of amides is 1. The van der Waals surface area contributed by atoms with Gasteiger partial charge in [0.05, 0.1) is 0 Å². The van der Waals surface area contributed by atoms with Crippen molar-refractivity contribution in [3.8, 4) is 0 Å². The molecule has 0 aliphatic carbocycles. The third-order valence-corrected chi connectivity index (χ3v) is 2.29. The van der Waals surface area contributed by atoms with Crippen molar-refractivity contribution in [1.29, 1.82) is 0 Å². The Labute approximate surface area is 77.2 Å². The van der Waals surface area contributed by atoms with Crippen LogP contribution >= 0.6 is 0 Å². The van der Waals surface area contributed by atoms with Crippen molar-refractivity contribution in [2.45, 2.75) is 12.8 Å². The zero-order chi connectivity index (χ0) is 9.10. The van der Waals surface area contributed by atoms with E-state index in [-0.39, 0.29) is 5.91 Å². The molecule has 3 heteroatoms. The van der Waals surface area contributed by atoms with Crippen LogP contribution in [0.1, 0.15) is 12.1 Å². The maximum absolute atomic E-state index is 10.9. The third-order valence-electron chi connectivity index (χ3n) is 2.29. The molecule has 13 heavy (non-hydrogen) atoms. The monoisotopic (exact) mass is 176 g/mol. The topological polar surface area (TPSA) is 42.0 Å². The normalized spacial score (nSPS) is 21.5. The smallest absolute Gasteiger partial charge is 0.220 e. The van der Waals surface area contributed by atoms with Crippen LogP contribution in [0.15, 0.2) is 24.4 Å². The van der Waals surface area contributed by atoms with Gasteiger partial charge in [-0.05, 0) is 24.5 Å². The average molecular weight is 176 g/mol. The van der Waals surface area contributed by atoms with Crippen LogP contribution in [0.3, 0.4) is 0 Å². The van der Waals surface area contributed by atoms with Gasteiger partial charge in [-0.2, -0.15) is 0 Å². The molecule has 1 saturated heterocycles. The van der Waals surface area contributed by atoms with E-state index in [1.165, 1.54) is 0 Å². The van der Waals surface area contributed by atoms with E-state index in [1.54, 1.807) is 6.20 Å². The van der Waals surface area contributed by atoms with Gasteiger partial charge in [-0.3, -0.25) is 9.78 Å². The van der Waals surface area contributed by atoms with Crippen LogP contribution < -0.4 is 5.32 Å². The van der Waals surface area contributed by atoms with Crippen molar-refractivity contribution < 1.29 is 4.79 Å². The minimum Gasteiger partial charge on any atom is -0.356 e. The molecule has 1 atom stereocenters. The minimum atomic E-state index is 0.168. The number of nitrogens with zero attached hydrogens (tertiary/aromatic N) is 1. The van der Waals surface area contributed by atoms with Gasteiger partial charge in [-0.15, -0.1) is 0 Å². The lowest BCUT2D eigenvalue weighted by Crippen LogP contribution is -2.14. The first kappa shape index (κ1) is 8.23. The Morgan fingerprint density at radius 2 is 2.46 bits per heavy atom. The second kappa shape index (κ2) is 3.56. The second-order valence-corrected chi connectivity index (χ2v) is 3.40. The van der Waals surface area contributed by atoms with Crippen molar-refractivity contribution in [3.05, 3.63) is 30.1 Å². The lowest BCUT2D eigenvalue weighted by Gasteiger charge is -2.04. The van der Waals surface area contributed by atoms with Crippen molar-refractivity contribution in [3.63, 3.8) is 0 Å². The number of hydrogen-bond donors (Lipinski definition) is 1. The molecule has 2 heterocycles. The summed E-state index contributed by atoms with van der Waals surface area (Å²) in [5, 5.41) is 2.82. The average Bonchev–Trinajstić information content (AvgIpc) is 2.53. The Bertz CT molecular complexity index is 297. The van der Waals surface area contributed by atoms with E-state index in [0.717, 1.165) is 18.7 Å². The fourth-order valence-corrected chi connectivity index (χ4v) is 1.62. The first-order valence-corrected chi connectivity index (χ1v) is 4.51. The minimum absolute atomic E-state index is 0.168. The Kier molecular flexibility index (Phi) is 2.25. The fraction of sp³-hybridized carbons (Fsp3) is 0.400. The Morgan fingerprint density at radius 3 is 3.08 bits per heavy atom. The van der Waals surface area contributed by atoms with E-state index in [2.05, 4.69) is 10.3 Å². The molecule has 3 nitrogen and oxygen atoms in total. The highest BCUT2D eigenvalue weighted by Gasteiger charge is 2.21. The molecular weight excluding hydrogens is 164 g/mol. The van der Waals surface area contributed by atoms with Crippen LogP contribution in [-0.2, 0) is 11.2 Å². The zero-order valence-electron chi connectivity index (χ0n) is 7.36. The lowest BCUT2D eigenvalue weighted by molar-refractivity contribution is -0.119. The molecule has 1 fully saturated rings. The predicted molar refractivity (Wildman–Crippen MR) is 49.1 cm³/mol. The Balaban J connectivity index is 1.96. The van der Waals surface area contributed by atoms with Crippen LogP contribution in [0.25, 0.3) is 0 Å². The van der Waals surface area contributed by atoms with Crippen LogP contribution in [0.4, 0.5) is 0 Å². The van der Waals surface area contributed by atoms with Crippen LogP contribution in [0.5, 0.6) is 0 Å². The van der Waals surface area contributed by atoms with Gasteiger partial charge in [-0.1, -0.05) is 6.07 Å². The summed E-state index contributed by atoms with van der Waals surface area (Å²) < 4.78 is 0. The molecular formula is C10H12N2O. The summed E-state index contributed by atoms with van der Waals surface area (Å²) in [7, 11) is 0. The summed E-state index contributed by atoms with van der Waals surface area (Å²) in [6.07, 6.45) is 3.34. The van der Waals surface area contributed by atoms with Gasteiger partial charge in [0, 0.05) is 24.9 Å². The van der Waals surface area contributed by atoms with Gasteiger partial charge in [0.25, 0.3) is 0 Å². The van der Waals surface area contributed by atoms with Gasteiger partial charge in [0.1, 0.15) is 0 Å². The van der Waals surface area contributed by atoms with E-state index < -0.39 is 0 Å². The molecule has 0 saturated carbocycles. The highest BCUT2D eigenvalue weighted by atomic mass is 16.1. The molecule has 1 amide bonds. The molecule has 1 aliphatic heterocycles. The molecule has 0 aromatic carbocycles. The quantitative estimate of drug-likeness (QED) is 0.722. The molecule has 1 N–H and O–H groups in total. The number of rotatable bonds is 2. The van der Waals surface area contributed by atoms with E-state index in [1.807, 2.05) is 18.2 Å². The number of nitrogens with one attached hydrogen (secondary N) is 1. The fourth-order valence-electron chi connectivity index (χ4n) is 1.62. The van der Waals surface area contributed by atoms with Crippen LogP contribution in [0, 0.1) is 5.92 Å². The standard InChI is InChI=1S/C10H12N2O/c13-10-6-8(7-12-10)5-9-3-1-2-4-11-9/h1-4,8H,5-7H2,(H,12,13). The summed E-state index contributed by atoms with van der Waals surface area (Å²) >= 11 is 0. The molecule has 0 bridgehead atoms. The van der Waals surface area contributed by atoms with Crippen LogP contribution in [-0.4, -0.2) is 17.4 Å². The van der Waals surface area contributed by atoms with E-state index >= 15 is 0 Å². The molecule has 0 radical (unpaired) electrons. The van der Waals surface area contributed by atoms with Gasteiger partial charge >= 0.3 is 0 Å². The third kappa shape index (κ3) is 2.05. The zero-order valence-corrected chi connectivity index (χ0v) is 7.36. The highest BCUT2D eigenvalue weighted by Crippen LogP contribution is 2.13. The number of aromatic nitrogens is 1. The first-order valence-electron chi connectivity index (χ1n) is 4.51.